The molecule has 1 N–H and O–H groups in total. The van der Waals surface area contributed by atoms with Crippen LogP contribution in [-0.2, 0) is 0 Å². The highest BCUT2D eigenvalue weighted by molar-refractivity contribution is 5.43. The molecule has 18 heavy (non-hydrogen) atoms. The lowest BCUT2D eigenvalue weighted by atomic mass is 9.98. The van der Waals surface area contributed by atoms with Gasteiger partial charge in [0.05, 0.1) is 19.4 Å². The lowest BCUT2D eigenvalue weighted by Gasteiger charge is -2.18. The second-order valence-electron chi connectivity index (χ2n) is 4.46. The molecule has 0 saturated heterocycles. The summed E-state index contributed by atoms with van der Waals surface area (Å²) in [6.07, 6.45) is 1.79. The summed E-state index contributed by atoms with van der Waals surface area (Å²) in [5, 5.41) is 3.31. The van der Waals surface area contributed by atoms with Crippen molar-refractivity contribution >= 4 is 0 Å². The number of ether oxygens (including phenoxy) is 1. The number of benzene rings is 1. The maximum absolute atomic E-state index is 5.44. The normalized spacial score (nSPS) is 12.4. The summed E-state index contributed by atoms with van der Waals surface area (Å²) < 4.78 is 10.8. The molecule has 0 amide bonds. The quantitative estimate of drug-likeness (QED) is 0.898. The highest BCUT2D eigenvalue weighted by Crippen LogP contribution is 2.31. The zero-order chi connectivity index (χ0) is 13.1. The largest absolute Gasteiger partial charge is 0.496 e. The van der Waals surface area contributed by atoms with Crippen molar-refractivity contribution in [1.29, 1.82) is 0 Å². The molecule has 0 aliphatic rings. The Hall–Kier alpha value is -1.74. The minimum Gasteiger partial charge on any atom is -0.496 e. The number of nitrogens with one attached hydrogen (secondary N) is 1. The van der Waals surface area contributed by atoms with Crippen molar-refractivity contribution < 1.29 is 9.15 Å². The first kappa shape index (κ1) is 12.7. The van der Waals surface area contributed by atoms with E-state index in [1.54, 1.807) is 13.4 Å². The summed E-state index contributed by atoms with van der Waals surface area (Å²) in [5.41, 5.74) is 3.45. The third kappa shape index (κ3) is 2.41. The van der Waals surface area contributed by atoms with Crippen molar-refractivity contribution in [3.05, 3.63) is 53.0 Å². The summed E-state index contributed by atoms with van der Waals surface area (Å²) in [5.74, 6) is 1.80. The van der Waals surface area contributed by atoms with Gasteiger partial charge in [-0.05, 0) is 33.0 Å². The Morgan fingerprint density at radius 1 is 1.22 bits per heavy atom. The molecule has 1 atom stereocenters. The summed E-state index contributed by atoms with van der Waals surface area (Å²) in [6, 6.07) is 8.32. The monoisotopic (exact) mass is 245 g/mol. The van der Waals surface area contributed by atoms with Crippen LogP contribution in [-0.4, -0.2) is 14.2 Å². The van der Waals surface area contributed by atoms with E-state index < -0.39 is 0 Å². The molecule has 96 valence electrons. The molecule has 1 unspecified atom stereocenters. The van der Waals surface area contributed by atoms with E-state index in [0.29, 0.717) is 0 Å². The number of furan rings is 1. The van der Waals surface area contributed by atoms with E-state index in [-0.39, 0.29) is 6.04 Å². The van der Waals surface area contributed by atoms with Crippen LogP contribution in [0.3, 0.4) is 0 Å². The molecule has 0 bridgehead atoms. The molecule has 0 radical (unpaired) electrons. The van der Waals surface area contributed by atoms with Gasteiger partial charge in [-0.2, -0.15) is 0 Å². The first-order chi connectivity index (χ1) is 8.65. The first-order valence-corrected chi connectivity index (χ1v) is 6.02. The number of rotatable bonds is 4. The molecule has 1 aromatic carbocycles. The van der Waals surface area contributed by atoms with E-state index in [9.17, 15) is 0 Å². The molecule has 1 aromatic heterocycles. The zero-order valence-electron chi connectivity index (χ0n) is 11.3. The van der Waals surface area contributed by atoms with Gasteiger partial charge in [0.25, 0.3) is 0 Å². The highest BCUT2D eigenvalue weighted by atomic mass is 16.5. The zero-order valence-corrected chi connectivity index (χ0v) is 11.3. The maximum atomic E-state index is 5.44. The lowest BCUT2D eigenvalue weighted by molar-refractivity contribution is 0.405. The molecule has 1 heterocycles. The molecule has 0 fully saturated rings. The van der Waals surface area contributed by atoms with E-state index in [2.05, 4.69) is 24.4 Å². The Kier molecular flexibility index (Phi) is 3.72. The van der Waals surface area contributed by atoms with E-state index >= 15 is 0 Å². The van der Waals surface area contributed by atoms with E-state index in [1.165, 1.54) is 5.56 Å². The second-order valence-corrected chi connectivity index (χ2v) is 4.46. The van der Waals surface area contributed by atoms with E-state index in [0.717, 1.165) is 22.6 Å². The van der Waals surface area contributed by atoms with Crippen molar-refractivity contribution in [2.45, 2.75) is 19.9 Å². The first-order valence-electron chi connectivity index (χ1n) is 6.02. The molecule has 0 aliphatic carbocycles. The van der Waals surface area contributed by atoms with Crippen LogP contribution in [0.2, 0.25) is 0 Å². The van der Waals surface area contributed by atoms with Gasteiger partial charge in [0.2, 0.25) is 0 Å². The summed E-state index contributed by atoms with van der Waals surface area (Å²) >= 11 is 0. The van der Waals surface area contributed by atoms with Gasteiger partial charge in [0, 0.05) is 11.1 Å². The third-order valence-corrected chi connectivity index (χ3v) is 3.07. The molecule has 0 aliphatic heterocycles. The predicted molar refractivity (Wildman–Crippen MR) is 72.1 cm³/mol. The molecule has 3 heteroatoms. The van der Waals surface area contributed by atoms with Gasteiger partial charge < -0.3 is 14.5 Å². The minimum atomic E-state index is 0.0808. The SMILES string of the molecule is CNC(c1coc(C)c1)c1cc(C)ccc1OC. The van der Waals surface area contributed by atoms with Gasteiger partial charge in [-0.25, -0.2) is 0 Å². The van der Waals surface area contributed by atoms with Crippen molar-refractivity contribution in [3.8, 4) is 5.75 Å². The predicted octanol–water partition coefficient (Wildman–Crippen LogP) is 3.21. The number of hydrogen-bond donors (Lipinski definition) is 1. The maximum Gasteiger partial charge on any atom is 0.124 e. The van der Waals surface area contributed by atoms with Crippen LogP contribution < -0.4 is 10.1 Å². The summed E-state index contributed by atoms with van der Waals surface area (Å²) in [6.45, 7) is 4.03. The van der Waals surface area contributed by atoms with Gasteiger partial charge in [-0.3, -0.25) is 0 Å². The topological polar surface area (TPSA) is 34.4 Å². The fourth-order valence-corrected chi connectivity index (χ4v) is 2.20. The van der Waals surface area contributed by atoms with Gasteiger partial charge in [0.15, 0.2) is 0 Å². The van der Waals surface area contributed by atoms with Crippen LogP contribution in [0.1, 0.15) is 28.5 Å². The highest BCUT2D eigenvalue weighted by Gasteiger charge is 2.18. The fourth-order valence-electron chi connectivity index (χ4n) is 2.20. The van der Waals surface area contributed by atoms with Crippen molar-refractivity contribution in [2.24, 2.45) is 0 Å². The fraction of sp³-hybridized carbons (Fsp3) is 0.333. The molecule has 0 saturated carbocycles. The van der Waals surface area contributed by atoms with Gasteiger partial charge in [-0.1, -0.05) is 17.7 Å². The van der Waals surface area contributed by atoms with E-state index in [1.807, 2.05) is 26.1 Å². The van der Waals surface area contributed by atoms with Crippen LogP contribution >= 0.6 is 0 Å². The molecule has 2 rings (SSSR count). The minimum absolute atomic E-state index is 0.0808. The Morgan fingerprint density at radius 2 is 2.00 bits per heavy atom. The standard InChI is InChI=1S/C15H19NO2/c1-10-5-6-14(17-4)13(7-10)15(16-3)12-8-11(2)18-9-12/h5-9,15-16H,1-4H3. The molecule has 0 spiro atoms. The summed E-state index contributed by atoms with van der Waals surface area (Å²) in [7, 11) is 3.64. The van der Waals surface area contributed by atoms with Gasteiger partial charge in [-0.15, -0.1) is 0 Å². The number of methoxy groups -OCH3 is 1. The number of aryl methyl sites for hydroxylation is 2. The molecular formula is C15H19NO2. The van der Waals surface area contributed by atoms with Crippen LogP contribution in [0.4, 0.5) is 0 Å². The van der Waals surface area contributed by atoms with Gasteiger partial charge in [0.1, 0.15) is 11.5 Å². The van der Waals surface area contributed by atoms with Crippen LogP contribution in [0.25, 0.3) is 0 Å². The lowest BCUT2D eigenvalue weighted by Crippen LogP contribution is -2.18. The molecular weight excluding hydrogens is 226 g/mol. The Morgan fingerprint density at radius 3 is 2.56 bits per heavy atom. The average molecular weight is 245 g/mol. The van der Waals surface area contributed by atoms with Crippen LogP contribution in [0.15, 0.2) is 34.9 Å². The van der Waals surface area contributed by atoms with Crippen molar-refractivity contribution in [3.63, 3.8) is 0 Å². The molecule has 3 nitrogen and oxygen atoms in total. The molecule has 2 aromatic rings. The number of hydrogen-bond acceptors (Lipinski definition) is 3. The van der Waals surface area contributed by atoms with Crippen LogP contribution in [0.5, 0.6) is 5.75 Å². The third-order valence-electron chi connectivity index (χ3n) is 3.07. The van der Waals surface area contributed by atoms with E-state index in [4.69, 9.17) is 9.15 Å². The Balaban J connectivity index is 2.47. The van der Waals surface area contributed by atoms with Crippen molar-refractivity contribution in [1.82, 2.24) is 5.32 Å². The Bertz CT molecular complexity index is 531. The smallest absolute Gasteiger partial charge is 0.124 e. The van der Waals surface area contributed by atoms with Crippen molar-refractivity contribution in [2.75, 3.05) is 14.2 Å². The van der Waals surface area contributed by atoms with Gasteiger partial charge >= 0.3 is 0 Å². The van der Waals surface area contributed by atoms with Crippen LogP contribution in [0, 0.1) is 13.8 Å². The average Bonchev–Trinajstić information content (AvgIpc) is 2.77. The summed E-state index contributed by atoms with van der Waals surface area (Å²) in [4.78, 5) is 0. The Labute approximate surface area is 108 Å². The second kappa shape index (κ2) is 5.27.